The van der Waals surface area contributed by atoms with E-state index in [0.29, 0.717) is 12.2 Å². The highest BCUT2D eigenvalue weighted by molar-refractivity contribution is 6.21. The molecule has 0 atom stereocenters. The van der Waals surface area contributed by atoms with Crippen molar-refractivity contribution in [2.75, 3.05) is 6.61 Å². The second-order valence-electron chi connectivity index (χ2n) is 3.56. The second kappa shape index (κ2) is 6.12. The molecule has 2 N–H and O–H groups in total. The zero-order chi connectivity index (χ0) is 12.9. The molecule has 0 radical (unpaired) electrons. The Morgan fingerprint density at radius 3 is 2.71 bits per heavy atom. The van der Waals surface area contributed by atoms with Crippen LogP contribution in [0.2, 0.25) is 0 Å². The molecule has 17 heavy (non-hydrogen) atoms. The first-order valence-electron chi connectivity index (χ1n) is 5.39. The summed E-state index contributed by atoms with van der Waals surface area (Å²) in [7, 11) is 0. The van der Waals surface area contributed by atoms with Gasteiger partial charge in [-0.2, -0.15) is 8.78 Å². The van der Waals surface area contributed by atoms with Crippen molar-refractivity contribution in [1.29, 1.82) is 0 Å². The van der Waals surface area contributed by atoms with Crippen molar-refractivity contribution < 1.29 is 13.5 Å². The first-order chi connectivity index (χ1) is 7.99. The zero-order valence-electron chi connectivity index (χ0n) is 9.55. The smallest absolute Gasteiger partial charge is 0.364 e. The van der Waals surface area contributed by atoms with E-state index < -0.39 is 11.1 Å². The Balaban J connectivity index is 2.90. The van der Waals surface area contributed by atoms with Gasteiger partial charge in [0.25, 0.3) is 0 Å². The molecule has 0 aromatic carbocycles. The van der Waals surface area contributed by atoms with Gasteiger partial charge in [0.2, 0.25) is 5.88 Å². The van der Waals surface area contributed by atoms with Crippen LogP contribution >= 0.6 is 11.6 Å². The van der Waals surface area contributed by atoms with Gasteiger partial charge in [-0.3, -0.25) is 0 Å². The molecule has 6 heteroatoms. The standard InChI is InChI=1S/C11H15ClF2N2O/c1-2-3-6-17-10-8(7-15)4-5-9(16-10)11(12,13)14/h4-5H,2-3,6-7,15H2,1H3. The molecule has 0 saturated carbocycles. The Bertz CT molecular complexity index is 369. The fourth-order valence-corrected chi connectivity index (χ4v) is 1.33. The van der Waals surface area contributed by atoms with Gasteiger partial charge in [0, 0.05) is 12.1 Å². The quantitative estimate of drug-likeness (QED) is 0.635. The second-order valence-corrected chi connectivity index (χ2v) is 4.04. The molecule has 1 rings (SSSR count). The van der Waals surface area contributed by atoms with Crippen molar-refractivity contribution in [2.45, 2.75) is 31.7 Å². The fraction of sp³-hybridized carbons (Fsp3) is 0.545. The van der Waals surface area contributed by atoms with E-state index >= 15 is 0 Å². The Hall–Kier alpha value is -0.940. The van der Waals surface area contributed by atoms with E-state index in [1.807, 2.05) is 6.92 Å². The third-order valence-corrected chi connectivity index (χ3v) is 2.38. The monoisotopic (exact) mass is 264 g/mol. The summed E-state index contributed by atoms with van der Waals surface area (Å²) < 4.78 is 31.1. The maximum absolute atomic E-state index is 12.9. The predicted molar refractivity (Wildman–Crippen MR) is 62.3 cm³/mol. The van der Waals surface area contributed by atoms with Crippen LogP contribution in [-0.2, 0) is 11.9 Å². The van der Waals surface area contributed by atoms with Crippen LogP contribution in [0.25, 0.3) is 0 Å². The summed E-state index contributed by atoms with van der Waals surface area (Å²) in [5.74, 6) is 0.138. The third-order valence-electron chi connectivity index (χ3n) is 2.19. The molecule has 0 aliphatic carbocycles. The number of alkyl halides is 3. The molecule has 3 nitrogen and oxygen atoms in total. The molecular formula is C11H15ClF2N2O. The number of ether oxygens (including phenoxy) is 1. The third kappa shape index (κ3) is 4.09. The molecule has 0 spiro atoms. The van der Waals surface area contributed by atoms with Crippen molar-refractivity contribution in [1.82, 2.24) is 4.98 Å². The number of hydrogen-bond donors (Lipinski definition) is 1. The number of aromatic nitrogens is 1. The van der Waals surface area contributed by atoms with Crippen LogP contribution < -0.4 is 10.5 Å². The number of nitrogens with two attached hydrogens (primary N) is 1. The average Bonchev–Trinajstić information content (AvgIpc) is 2.28. The normalized spacial score (nSPS) is 11.6. The maximum atomic E-state index is 12.9. The minimum atomic E-state index is -3.49. The van der Waals surface area contributed by atoms with Crippen LogP contribution in [0.1, 0.15) is 31.0 Å². The number of hydrogen-bond acceptors (Lipinski definition) is 3. The van der Waals surface area contributed by atoms with Crippen molar-refractivity contribution in [3.63, 3.8) is 0 Å². The van der Waals surface area contributed by atoms with Crippen LogP contribution in [0, 0.1) is 0 Å². The van der Waals surface area contributed by atoms with E-state index in [2.05, 4.69) is 4.98 Å². The molecule has 0 unspecified atom stereocenters. The predicted octanol–water partition coefficient (Wildman–Crippen LogP) is 3.01. The Morgan fingerprint density at radius 2 is 2.18 bits per heavy atom. The lowest BCUT2D eigenvalue weighted by Gasteiger charge is -2.12. The zero-order valence-corrected chi connectivity index (χ0v) is 10.3. The first kappa shape index (κ1) is 14.1. The molecule has 0 saturated heterocycles. The lowest BCUT2D eigenvalue weighted by molar-refractivity contribution is 0.0888. The summed E-state index contributed by atoms with van der Waals surface area (Å²) in [5.41, 5.74) is 5.54. The molecule has 1 aromatic rings. The lowest BCUT2D eigenvalue weighted by atomic mass is 10.2. The van der Waals surface area contributed by atoms with Crippen LogP contribution in [0.15, 0.2) is 12.1 Å². The first-order valence-corrected chi connectivity index (χ1v) is 5.76. The van der Waals surface area contributed by atoms with Crippen molar-refractivity contribution >= 4 is 11.6 Å². The van der Waals surface area contributed by atoms with E-state index in [1.165, 1.54) is 6.07 Å². The Morgan fingerprint density at radius 1 is 1.47 bits per heavy atom. The van der Waals surface area contributed by atoms with Crippen LogP contribution in [0.5, 0.6) is 5.88 Å². The molecular weight excluding hydrogens is 250 g/mol. The molecule has 1 aromatic heterocycles. The van der Waals surface area contributed by atoms with Crippen LogP contribution in [-0.4, -0.2) is 11.6 Å². The number of unbranched alkanes of at least 4 members (excludes halogenated alkanes) is 1. The Kier molecular flexibility index (Phi) is 5.08. The van der Waals surface area contributed by atoms with Gasteiger partial charge < -0.3 is 10.5 Å². The van der Waals surface area contributed by atoms with Gasteiger partial charge >= 0.3 is 5.38 Å². The highest BCUT2D eigenvalue weighted by Crippen LogP contribution is 2.32. The van der Waals surface area contributed by atoms with Gasteiger partial charge in [-0.05, 0) is 24.1 Å². The van der Waals surface area contributed by atoms with Gasteiger partial charge in [0.15, 0.2) is 0 Å². The minimum Gasteiger partial charge on any atom is -0.477 e. The van der Waals surface area contributed by atoms with E-state index in [9.17, 15) is 8.78 Å². The largest absolute Gasteiger partial charge is 0.477 e. The van der Waals surface area contributed by atoms with Crippen LogP contribution in [0.3, 0.4) is 0 Å². The number of halogens is 3. The maximum Gasteiger partial charge on any atom is 0.364 e. The molecule has 0 bridgehead atoms. The summed E-state index contributed by atoms with van der Waals surface area (Å²) in [6, 6.07) is 2.61. The average molecular weight is 265 g/mol. The molecule has 0 amide bonds. The van der Waals surface area contributed by atoms with E-state index in [1.54, 1.807) is 0 Å². The van der Waals surface area contributed by atoms with Gasteiger partial charge in [-0.15, -0.1) is 0 Å². The summed E-state index contributed by atoms with van der Waals surface area (Å²) in [4.78, 5) is 3.70. The summed E-state index contributed by atoms with van der Waals surface area (Å²) in [6.07, 6.45) is 1.77. The van der Waals surface area contributed by atoms with Gasteiger partial charge in [0.05, 0.1) is 6.61 Å². The van der Waals surface area contributed by atoms with E-state index in [0.717, 1.165) is 18.9 Å². The van der Waals surface area contributed by atoms with Gasteiger partial charge in [0.1, 0.15) is 5.69 Å². The van der Waals surface area contributed by atoms with Crippen molar-refractivity contribution in [3.05, 3.63) is 23.4 Å². The van der Waals surface area contributed by atoms with E-state index in [-0.39, 0.29) is 12.4 Å². The number of pyridine rings is 1. The molecule has 0 aliphatic heterocycles. The van der Waals surface area contributed by atoms with Crippen LogP contribution in [0.4, 0.5) is 8.78 Å². The summed E-state index contributed by atoms with van der Waals surface area (Å²) in [6.45, 7) is 2.61. The molecule has 96 valence electrons. The topological polar surface area (TPSA) is 48.1 Å². The number of rotatable bonds is 6. The summed E-state index contributed by atoms with van der Waals surface area (Å²) in [5, 5.41) is -3.49. The van der Waals surface area contributed by atoms with Crippen molar-refractivity contribution in [2.24, 2.45) is 5.73 Å². The van der Waals surface area contributed by atoms with Gasteiger partial charge in [-0.1, -0.05) is 19.4 Å². The molecule has 0 fully saturated rings. The van der Waals surface area contributed by atoms with E-state index in [4.69, 9.17) is 22.1 Å². The van der Waals surface area contributed by atoms with Gasteiger partial charge in [-0.25, -0.2) is 4.98 Å². The fourth-order valence-electron chi connectivity index (χ4n) is 1.22. The van der Waals surface area contributed by atoms with Crippen molar-refractivity contribution in [3.8, 4) is 5.88 Å². The minimum absolute atomic E-state index is 0.138. The Labute approximate surface area is 104 Å². The highest BCUT2D eigenvalue weighted by atomic mass is 35.5. The summed E-state index contributed by atoms with van der Waals surface area (Å²) >= 11 is 4.90. The SMILES string of the molecule is CCCCOc1nc(C(F)(F)Cl)ccc1CN. The lowest BCUT2D eigenvalue weighted by Crippen LogP contribution is -2.11. The number of nitrogens with zero attached hydrogens (tertiary/aromatic N) is 1. The molecule has 0 aliphatic rings. The molecule has 1 heterocycles. The highest BCUT2D eigenvalue weighted by Gasteiger charge is 2.30.